The van der Waals surface area contributed by atoms with Crippen LogP contribution in [0.2, 0.25) is 5.02 Å². The number of nitrogens with zero attached hydrogens (tertiary/aromatic N) is 2. The predicted molar refractivity (Wildman–Crippen MR) is 69.9 cm³/mol. The van der Waals surface area contributed by atoms with Crippen LogP contribution in [0.4, 0.5) is 4.39 Å². The minimum absolute atomic E-state index is 0.0478. The highest BCUT2D eigenvalue weighted by atomic mass is 35.5. The van der Waals surface area contributed by atoms with E-state index in [0.717, 1.165) is 11.3 Å². The fourth-order valence-corrected chi connectivity index (χ4v) is 1.85. The second-order valence-electron chi connectivity index (χ2n) is 4.22. The van der Waals surface area contributed by atoms with E-state index in [2.05, 4.69) is 10.4 Å². The molecule has 0 aliphatic heterocycles. The van der Waals surface area contributed by atoms with Gasteiger partial charge in [0, 0.05) is 25.8 Å². The summed E-state index contributed by atoms with van der Waals surface area (Å²) in [7, 11) is 1.89. The van der Waals surface area contributed by atoms with Crippen molar-refractivity contribution in [3.63, 3.8) is 0 Å². The zero-order chi connectivity index (χ0) is 13.1. The van der Waals surface area contributed by atoms with Crippen molar-refractivity contribution in [3.8, 4) is 0 Å². The smallest absolute Gasteiger partial charge is 0.142 e. The van der Waals surface area contributed by atoms with Crippen molar-refractivity contribution < 1.29 is 4.39 Å². The highest BCUT2D eigenvalue weighted by Gasteiger charge is 2.08. The van der Waals surface area contributed by atoms with E-state index in [1.807, 2.05) is 30.8 Å². The standard InChI is InChI=1S/C13H15ClFN3/c1-9(10-3-4-12(14)13(15)7-10)16-8-11-5-6-17-18(11)2/h3-7,9,16H,8H2,1-2H3. The minimum atomic E-state index is -0.386. The highest BCUT2D eigenvalue weighted by Crippen LogP contribution is 2.20. The molecule has 1 aromatic carbocycles. The van der Waals surface area contributed by atoms with Gasteiger partial charge in [-0.05, 0) is 30.7 Å². The summed E-state index contributed by atoms with van der Waals surface area (Å²) >= 11 is 5.66. The zero-order valence-corrected chi connectivity index (χ0v) is 11.1. The Morgan fingerprint density at radius 3 is 2.83 bits per heavy atom. The Bertz CT molecular complexity index is 539. The van der Waals surface area contributed by atoms with Crippen molar-refractivity contribution in [2.24, 2.45) is 7.05 Å². The lowest BCUT2D eigenvalue weighted by molar-refractivity contribution is 0.543. The first-order valence-electron chi connectivity index (χ1n) is 5.73. The molecule has 3 nitrogen and oxygen atoms in total. The van der Waals surface area contributed by atoms with Crippen LogP contribution < -0.4 is 5.32 Å². The Kier molecular flexibility index (Phi) is 3.99. The molecular weight excluding hydrogens is 253 g/mol. The molecule has 0 saturated carbocycles. The van der Waals surface area contributed by atoms with Crippen molar-refractivity contribution in [3.05, 3.63) is 52.6 Å². The Morgan fingerprint density at radius 1 is 1.44 bits per heavy atom. The molecule has 0 amide bonds. The fraction of sp³-hybridized carbons (Fsp3) is 0.308. The van der Waals surface area contributed by atoms with Crippen LogP contribution in [0.5, 0.6) is 0 Å². The molecule has 1 unspecified atom stereocenters. The van der Waals surface area contributed by atoms with Crippen molar-refractivity contribution in [1.29, 1.82) is 0 Å². The van der Waals surface area contributed by atoms with Crippen LogP contribution in [0, 0.1) is 5.82 Å². The van der Waals surface area contributed by atoms with Gasteiger partial charge in [-0.1, -0.05) is 17.7 Å². The van der Waals surface area contributed by atoms with Gasteiger partial charge >= 0.3 is 0 Å². The van der Waals surface area contributed by atoms with Crippen molar-refractivity contribution in [1.82, 2.24) is 15.1 Å². The summed E-state index contributed by atoms with van der Waals surface area (Å²) in [6, 6.07) is 6.86. The molecule has 1 N–H and O–H groups in total. The van der Waals surface area contributed by atoms with E-state index in [4.69, 9.17) is 11.6 Å². The highest BCUT2D eigenvalue weighted by molar-refractivity contribution is 6.30. The number of hydrogen-bond acceptors (Lipinski definition) is 2. The lowest BCUT2D eigenvalue weighted by Gasteiger charge is -2.14. The lowest BCUT2D eigenvalue weighted by atomic mass is 10.1. The van der Waals surface area contributed by atoms with Crippen LogP contribution in [0.3, 0.4) is 0 Å². The number of hydrogen-bond donors (Lipinski definition) is 1. The van der Waals surface area contributed by atoms with E-state index < -0.39 is 0 Å². The van der Waals surface area contributed by atoms with E-state index >= 15 is 0 Å². The maximum atomic E-state index is 13.3. The molecule has 0 aliphatic rings. The molecule has 1 heterocycles. The second-order valence-corrected chi connectivity index (χ2v) is 4.63. The number of aryl methyl sites for hydroxylation is 1. The molecule has 0 spiro atoms. The summed E-state index contributed by atoms with van der Waals surface area (Å²) in [6.45, 7) is 2.67. The summed E-state index contributed by atoms with van der Waals surface area (Å²) in [4.78, 5) is 0. The van der Waals surface area contributed by atoms with E-state index in [-0.39, 0.29) is 16.9 Å². The van der Waals surface area contributed by atoms with E-state index in [0.29, 0.717) is 6.54 Å². The summed E-state index contributed by atoms with van der Waals surface area (Å²) in [5.41, 5.74) is 1.95. The molecule has 96 valence electrons. The molecule has 1 atom stereocenters. The van der Waals surface area contributed by atoms with Crippen LogP contribution in [0.15, 0.2) is 30.5 Å². The summed E-state index contributed by atoms with van der Waals surface area (Å²) in [5.74, 6) is -0.386. The van der Waals surface area contributed by atoms with Gasteiger partial charge in [0.05, 0.1) is 10.7 Å². The van der Waals surface area contributed by atoms with Crippen LogP contribution in [0.25, 0.3) is 0 Å². The van der Waals surface area contributed by atoms with E-state index in [1.165, 1.54) is 6.07 Å². The quantitative estimate of drug-likeness (QED) is 0.923. The fourth-order valence-electron chi connectivity index (χ4n) is 1.73. The first-order chi connectivity index (χ1) is 8.58. The summed E-state index contributed by atoms with van der Waals surface area (Å²) in [5, 5.41) is 7.56. The summed E-state index contributed by atoms with van der Waals surface area (Å²) < 4.78 is 15.2. The van der Waals surface area contributed by atoms with Crippen molar-refractivity contribution in [2.75, 3.05) is 0 Å². The monoisotopic (exact) mass is 267 g/mol. The molecular formula is C13H15ClFN3. The number of benzene rings is 1. The van der Waals surface area contributed by atoms with Crippen LogP contribution in [-0.2, 0) is 13.6 Å². The normalized spacial score (nSPS) is 12.7. The van der Waals surface area contributed by atoms with Crippen LogP contribution in [-0.4, -0.2) is 9.78 Å². The van der Waals surface area contributed by atoms with Gasteiger partial charge in [-0.15, -0.1) is 0 Å². The van der Waals surface area contributed by atoms with Gasteiger partial charge in [0.1, 0.15) is 5.82 Å². The maximum Gasteiger partial charge on any atom is 0.142 e. The zero-order valence-electron chi connectivity index (χ0n) is 10.3. The molecule has 0 aliphatic carbocycles. The number of rotatable bonds is 4. The van der Waals surface area contributed by atoms with Gasteiger partial charge < -0.3 is 5.32 Å². The summed E-state index contributed by atoms with van der Waals surface area (Å²) in [6.07, 6.45) is 1.75. The van der Waals surface area contributed by atoms with Crippen molar-refractivity contribution in [2.45, 2.75) is 19.5 Å². The second kappa shape index (κ2) is 5.50. The van der Waals surface area contributed by atoms with Gasteiger partial charge in [-0.25, -0.2) is 4.39 Å². The van der Waals surface area contributed by atoms with Gasteiger partial charge in [0.25, 0.3) is 0 Å². The van der Waals surface area contributed by atoms with Gasteiger partial charge in [-0.3, -0.25) is 4.68 Å². The van der Waals surface area contributed by atoms with Gasteiger partial charge in [0.15, 0.2) is 0 Å². The first kappa shape index (κ1) is 13.1. The lowest BCUT2D eigenvalue weighted by Crippen LogP contribution is -2.19. The van der Waals surface area contributed by atoms with Gasteiger partial charge in [0.2, 0.25) is 0 Å². The SMILES string of the molecule is CC(NCc1ccnn1C)c1ccc(Cl)c(F)c1. The first-order valence-corrected chi connectivity index (χ1v) is 6.11. The Hall–Kier alpha value is -1.39. The van der Waals surface area contributed by atoms with Crippen molar-refractivity contribution >= 4 is 11.6 Å². The van der Waals surface area contributed by atoms with Crippen LogP contribution in [0.1, 0.15) is 24.2 Å². The molecule has 2 rings (SSSR count). The third-order valence-electron chi connectivity index (χ3n) is 2.96. The molecule has 0 bridgehead atoms. The maximum absolute atomic E-state index is 13.3. The predicted octanol–water partition coefficient (Wildman–Crippen LogP) is 3.06. The Balaban J connectivity index is 2.01. The molecule has 18 heavy (non-hydrogen) atoms. The minimum Gasteiger partial charge on any atom is -0.305 e. The average molecular weight is 268 g/mol. The molecule has 0 saturated heterocycles. The third-order valence-corrected chi connectivity index (χ3v) is 3.26. The van der Waals surface area contributed by atoms with E-state index in [9.17, 15) is 4.39 Å². The molecule has 0 radical (unpaired) electrons. The molecule has 5 heteroatoms. The molecule has 1 aromatic heterocycles. The Morgan fingerprint density at radius 2 is 2.22 bits per heavy atom. The Labute approximate surface area is 111 Å². The largest absolute Gasteiger partial charge is 0.305 e. The number of nitrogens with one attached hydrogen (secondary N) is 1. The van der Waals surface area contributed by atoms with E-state index in [1.54, 1.807) is 12.3 Å². The average Bonchev–Trinajstić information content (AvgIpc) is 2.75. The van der Waals surface area contributed by atoms with Gasteiger partial charge in [-0.2, -0.15) is 5.10 Å². The molecule has 2 aromatic rings. The third kappa shape index (κ3) is 2.89. The number of aromatic nitrogens is 2. The topological polar surface area (TPSA) is 29.9 Å². The van der Waals surface area contributed by atoms with Crippen LogP contribution >= 0.6 is 11.6 Å². The molecule has 0 fully saturated rings. The number of halogens is 2.